The first kappa shape index (κ1) is 25.5. The van der Waals surface area contributed by atoms with Gasteiger partial charge in [0.05, 0.1) is 41.8 Å². The molecule has 35 heavy (non-hydrogen) atoms. The first-order valence-corrected chi connectivity index (χ1v) is 12.8. The number of amides is 1. The molecule has 0 saturated heterocycles. The second-order valence-electron chi connectivity index (χ2n) is 8.92. The lowest BCUT2D eigenvalue weighted by molar-refractivity contribution is -0.121. The van der Waals surface area contributed by atoms with Crippen LogP contribution in [0.15, 0.2) is 42.5 Å². The molecular weight excluding hydrogens is 488 g/mol. The maximum atomic E-state index is 12.9. The Labute approximate surface area is 215 Å². The third kappa shape index (κ3) is 6.36. The largest absolute Gasteiger partial charge is 0.493 e. The van der Waals surface area contributed by atoms with Crippen molar-refractivity contribution < 1.29 is 13.9 Å². The minimum Gasteiger partial charge on any atom is -0.493 e. The molecule has 1 heterocycles. The Morgan fingerprint density at radius 1 is 1.14 bits per heavy atom. The van der Waals surface area contributed by atoms with Gasteiger partial charge in [-0.3, -0.25) is 9.18 Å². The summed E-state index contributed by atoms with van der Waals surface area (Å²) in [7, 11) is 0. The first-order chi connectivity index (χ1) is 17.0. The molecule has 1 aromatic heterocycles. The molecule has 0 unspecified atom stereocenters. The van der Waals surface area contributed by atoms with Crippen LogP contribution in [0.4, 0.5) is 4.39 Å². The van der Waals surface area contributed by atoms with Crippen LogP contribution in [0.1, 0.15) is 49.8 Å². The molecule has 186 valence electrons. The third-order valence-corrected chi connectivity index (χ3v) is 6.87. The Kier molecular flexibility index (Phi) is 8.69. The van der Waals surface area contributed by atoms with Gasteiger partial charge < -0.3 is 10.1 Å². The molecule has 1 fully saturated rings. The number of nitrogens with one attached hydrogen (secondary N) is 1. The van der Waals surface area contributed by atoms with Crippen LogP contribution in [0, 0.1) is 6.92 Å². The summed E-state index contributed by atoms with van der Waals surface area (Å²) in [5.74, 6) is 0.651. The summed E-state index contributed by atoms with van der Waals surface area (Å²) in [6.45, 7) is 1.89. The summed E-state index contributed by atoms with van der Waals surface area (Å²) in [6.07, 6.45) is 6.17. The van der Waals surface area contributed by atoms with Crippen molar-refractivity contribution in [2.45, 2.75) is 57.9 Å². The second-order valence-corrected chi connectivity index (χ2v) is 9.77. The topological polar surface area (TPSA) is 56.2 Å². The van der Waals surface area contributed by atoms with Crippen molar-refractivity contribution >= 4 is 29.1 Å². The van der Waals surface area contributed by atoms with E-state index in [4.69, 9.17) is 33.0 Å². The molecule has 1 amide bonds. The van der Waals surface area contributed by atoms with E-state index < -0.39 is 6.67 Å². The van der Waals surface area contributed by atoms with Gasteiger partial charge in [0.25, 0.3) is 0 Å². The van der Waals surface area contributed by atoms with Gasteiger partial charge in [-0.1, -0.05) is 42.5 Å². The molecule has 1 saturated carbocycles. The van der Waals surface area contributed by atoms with Gasteiger partial charge in [0.15, 0.2) is 0 Å². The van der Waals surface area contributed by atoms with E-state index in [0.717, 1.165) is 42.5 Å². The summed E-state index contributed by atoms with van der Waals surface area (Å²) in [5.41, 5.74) is 4.02. The SMILES string of the molecule is Cc1c(CC(=O)NC2CCCCC2)nn(-c2ccc(Cl)cc2Cl)c1-c1ccc(OCCCF)cc1. The number of rotatable bonds is 9. The molecule has 0 spiro atoms. The molecule has 4 rings (SSSR count). The van der Waals surface area contributed by atoms with E-state index in [2.05, 4.69) is 5.32 Å². The highest BCUT2D eigenvalue weighted by molar-refractivity contribution is 6.35. The van der Waals surface area contributed by atoms with Gasteiger partial charge in [-0.15, -0.1) is 0 Å². The first-order valence-electron chi connectivity index (χ1n) is 12.1. The number of hydrogen-bond acceptors (Lipinski definition) is 3. The lowest BCUT2D eigenvalue weighted by Crippen LogP contribution is -2.37. The second kappa shape index (κ2) is 11.9. The van der Waals surface area contributed by atoms with Crippen molar-refractivity contribution in [1.82, 2.24) is 15.1 Å². The minimum atomic E-state index is -0.407. The van der Waals surface area contributed by atoms with E-state index in [9.17, 15) is 9.18 Å². The summed E-state index contributed by atoms with van der Waals surface area (Å²) >= 11 is 12.7. The van der Waals surface area contributed by atoms with Crippen molar-refractivity contribution in [3.63, 3.8) is 0 Å². The van der Waals surface area contributed by atoms with Gasteiger partial charge in [-0.2, -0.15) is 5.10 Å². The van der Waals surface area contributed by atoms with Crippen molar-refractivity contribution in [2.24, 2.45) is 0 Å². The molecule has 8 heteroatoms. The molecule has 3 aromatic rings. The Hall–Kier alpha value is -2.57. The zero-order valence-corrected chi connectivity index (χ0v) is 21.3. The van der Waals surface area contributed by atoms with Crippen molar-refractivity contribution in [3.8, 4) is 22.7 Å². The summed E-state index contributed by atoms with van der Waals surface area (Å²) in [5, 5.41) is 8.99. The fourth-order valence-electron chi connectivity index (χ4n) is 4.51. The Bertz CT molecular complexity index is 1160. The van der Waals surface area contributed by atoms with E-state index in [0.29, 0.717) is 40.2 Å². The molecule has 2 aromatic carbocycles. The number of nitrogens with zero attached hydrogens (tertiary/aromatic N) is 2. The third-order valence-electron chi connectivity index (χ3n) is 6.33. The number of ether oxygens (including phenoxy) is 1. The monoisotopic (exact) mass is 517 g/mol. The highest BCUT2D eigenvalue weighted by atomic mass is 35.5. The van der Waals surface area contributed by atoms with Crippen LogP contribution in [-0.4, -0.2) is 35.0 Å². The van der Waals surface area contributed by atoms with Gasteiger partial charge in [0.2, 0.25) is 5.91 Å². The molecule has 0 atom stereocenters. The fraction of sp³-hybridized carbons (Fsp3) is 0.407. The van der Waals surface area contributed by atoms with Gasteiger partial charge >= 0.3 is 0 Å². The predicted octanol–water partition coefficient (Wildman–Crippen LogP) is 6.88. The molecule has 0 aliphatic heterocycles. The number of halogens is 3. The Morgan fingerprint density at radius 3 is 2.57 bits per heavy atom. The van der Waals surface area contributed by atoms with E-state index in [1.807, 2.05) is 37.3 Å². The molecule has 0 radical (unpaired) electrons. The van der Waals surface area contributed by atoms with Crippen LogP contribution >= 0.6 is 23.2 Å². The summed E-state index contributed by atoms with van der Waals surface area (Å²) in [4.78, 5) is 12.9. The maximum Gasteiger partial charge on any atom is 0.226 e. The molecule has 0 bridgehead atoms. The number of carbonyl (C=O) groups excluding carboxylic acids is 1. The highest BCUT2D eigenvalue weighted by Crippen LogP contribution is 2.33. The number of aromatic nitrogens is 2. The average molecular weight is 518 g/mol. The smallest absolute Gasteiger partial charge is 0.226 e. The lowest BCUT2D eigenvalue weighted by Gasteiger charge is -2.22. The van der Waals surface area contributed by atoms with Gasteiger partial charge in [-0.05, 0) is 67.8 Å². The highest BCUT2D eigenvalue weighted by Gasteiger charge is 2.22. The minimum absolute atomic E-state index is 0.0185. The number of carbonyl (C=O) groups is 1. The van der Waals surface area contributed by atoms with Crippen molar-refractivity contribution in [2.75, 3.05) is 13.3 Å². The van der Waals surface area contributed by atoms with E-state index in [1.54, 1.807) is 16.8 Å². The quantitative estimate of drug-likeness (QED) is 0.314. The van der Waals surface area contributed by atoms with Crippen LogP contribution in [0.25, 0.3) is 16.9 Å². The normalized spacial score (nSPS) is 14.2. The van der Waals surface area contributed by atoms with Crippen LogP contribution in [0.5, 0.6) is 5.75 Å². The maximum absolute atomic E-state index is 12.9. The molecule has 5 nitrogen and oxygen atoms in total. The zero-order chi connectivity index (χ0) is 24.8. The van der Waals surface area contributed by atoms with E-state index in [1.165, 1.54) is 6.42 Å². The van der Waals surface area contributed by atoms with Gasteiger partial charge in [0.1, 0.15) is 5.75 Å². The summed E-state index contributed by atoms with van der Waals surface area (Å²) < 4.78 is 19.7. The average Bonchev–Trinajstić information content (AvgIpc) is 3.15. The number of alkyl halides is 1. The summed E-state index contributed by atoms with van der Waals surface area (Å²) in [6, 6.07) is 13.1. The van der Waals surface area contributed by atoms with Crippen LogP contribution in [0.3, 0.4) is 0 Å². The van der Waals surface area contributed by atoms with Crippen LogP contribution < -0.4 is 10.1 Å². The van der Waals surface area contributed by atoms with E-state index in [-0.39, 0.29) is 18.4 Å². The zero-order valence-electron chi connectivity index (χ0n) is 19.8. The van der Waals surface area contributed by atoms with Crippen LogP contribution in [-0.2, 0) is 11.2 Å². The number of hydrogen-bond donors (Lipinski definition) is 1. The van der Waals surface area contributed by atoms with Crippen molar-refractivity contribution in [3.05, 3.63) is 63.8 Å². The Morgan fingerprint density at radius 2 is 1.89 bits per heavy atom. The molecule has 1 N–H and O–H groups in total. The number of benzene rings is 2. The van der Waals surface area contributed by atoms with Crippen molar-refractivity contribution in [1.29, 1.82) is 0 Å². The lowest BCUT2D eigenvalue weighted by atomic mass is 9.95. The molecule has 1 aliphatic carbocycles. The van der Waals surface area contributed by atoms with Crippen LogP contribution in [0.2, 0.25) is 10.0 Å². The fourth-order valence-corrected chi connectivity index (χ4v) is 5.00. The van der Waals surface area contributed by atoms with Gasteiger partial charge in [0, 0.05) is 23.0 Å². The Balaban J connectivity index is 1.65. The molecule has 1 aliphatic rings. The molecular formula is C27H30Cl2FN3O2. The predicted molar refractivity (Wildman–Crippen MR) is 139 cm³/mol. The van der Waals surface area contributed by atoms with Gasteiger partial charge in [-0.25, -0.2) is 4.68 Å². The standard InChI is InChI=1S/C27H30Cl2FN3O2/c1-18-24(17-26(34)31-21-6-3-2-4-7-21)32-33(25-13-10-20(28)16-23(25)29)27(18)19-8-11-22(12-9-19)35-15-5-14-30/h8-13,16,21H,2-7,14-15,17H2,1H3,(H,31,34). The van der Waals surface area contributed by atoms with E-state index >= 15 is 0 Å².